The summed E-state index contributed by atoms with van der Waals surface area (Å²) in [6.07, 6.45) is 0.921. The number of sulfonamides is 1. The average molecular weight is 361 g/mol. The zero-order chi connectivity index (χ0) is 16.5. The van der Waals surface area contributed by atoms with Gasteiger partial charge in [0.25, 0.3) is 0 Å². The number of hydrogen-bond donors (Lipinski definition) is 2. The molecule has 0 unspecified atom stereocenters. The van der Waals surface area contributed by atoms with Crippen molar-refractivity contribution in [2.45, 2.75) is 6.42 Å². The Hall–Kier alpha value is -1.16. The summed E-state index contributed by atoms with van der Waals surface area (Å²) in [6.45, 7) is 2.91. The molecule has 1 aromatic heterocycles. The molecule has 0 saturated carbocycles. The molecule has 0 atom stereocenters. The monoisotopic (exact) mass is 360 g/mol. The molecular formula is C14H24N4O3S2. The molecule has 0 spiro atoms. The molecule has 1 aliphatic heterocycles. The van der Waals surface area contributed by atoms with Gasteiger partial charge in [-0.15, -0.1) is 11.3 Å². The van der Waals surface area contributed by atoms with Crippen molar-refractivity contribution in [2.75, 3.05) is 52.2 Å². The molecule has 1 aromatic rings. The van der Waals surface area contributed by atoms with Crippen molar-refractivity contribution in [3.05, 3.63) is 22.4 Å². The summed E-state index contributed by atoms with van der Waals surface area (Å²) in [5.74, 6) is 0.678. The molecule has 0 aromatic carbocycles. The minimum absolute atomic E-state index is 0.0542. The lowest BCUT2D eigenvalue weighted by atomic mass is 10.3. The quantitative estimate of drug-likeness (QED) is 0.533. The summed E-state index contributed by atoms with van der Waals surface area (Å²) in [7, 11) is -1.56. The zero-order valence-corrected chi connectivity index (χ0v) is 15.0. The fourth-order valence-electron chi connectivity index (χ4n) is 2.23. The Morgan fingerprint density at radius 1 is 1.35 bits per heavy atom. The highest BCUT2D eigenvalue weighted by molar-refractivity contribution is 7.89. The van der Waals surface area contributed by atoms with Gasteiger partial charge in [-0.25, -0.2) is 8.42 Å². The lowest BCUT2D eigenvalue weighted by molar-refractivity contribution is 0.0730. The first-order valence-electron chi connectivity index (χ1n) is 7.64. The third kappa shape index (κ3) is 6.09. The molecule has 130 valence electrons. The number of thiophene rings is 1. The smallest absolute Gasteiger partial charge is 0.215 e. The normalized spacial score (nSPS) is 17.2. The first kappa shape index (κ1) is 18.2. The van der Waals surface area contributed by atoms with Gasteiger partial charge in [-0.1, -0.05) is 6.07 Å². The van der Waals surface area contributed by atoms with E-state index in [-0.39, 0.29) is 5.75 Å². The number of nitrogens with one attached hydrogen (secondary N) is 2. The molecule has 2 N–H and O–H groups in total. The minimum atomic E-state index is -3.23. The second-order valence-electron chi connectivity index (χ2n) is 5.08. The largest absolute Gasteiger partial charge is 0.379 e. The van der Waals surface area contributed by atoms with E-state index < -0.39 is 10.0 Å². The van der Waals surface area contributed by atoms with Crippen LogP contribution in [-0.4, -0.2) is 70.9 Å². The highest BCUT2D eigenvalue weighted by Crippen LogP contribution is 2.08. The summed E-state index contributed by atoms with van der Waals surface area (Å²) in [4.78, 5) is 5.42. The van der Waals surface area contributed by atoms with Crippen molar-refractivity contribution in [3.63, 3.8) is 0 Å². The predicted molar refractivity (Wildman–Crippen MR) is 93.6 cm³/mol. The van der Waals surface area contributed by atoms with E-state index in [1.54, 1.807) is 18.4 Å². The van der Waals surface area contributed by atoms with E-state index in [4.69, 9.17) is 4.74 Å². The highest BCUT2D eigenvalue weighted by Gasteiger charge is 2.23. The van der Waals surface area contributed by atoms with Gasteiger partial charge in [0.1, 0.15) is 0 Å². The molecule has 7 nitrogen and oxygen atoms in total. The molecule has 1 aliphatic rings. The van der Waals surface area contributed by atoms with E-state index in [2.05, 4.69) is 27.1 Å². The highest BCUT2D eigenvalue weighted by atomic mass is 32.2. The van der Waals surface area contributed by atoms with Crippen LogP contribution in [0.2, 0.25) is 0 Å². The van der Waals surface area contributed by atoms with Gasteiger partial charge in [-0.05, 0) is 17.9 Å². The molecule has 23 heavy (non-hydrogen) atoms. The van der Waals surface area contributed by atoms with Crippen molar-refractivity contribution in [2.24, 2.45) is 4.99 Å². The fourth-order valence-corrected chi connectivity index (χ4v) is 4.26. The van der Waals surface area contributed by atoms with Crippen molar-refractivity contribution < 1.29 is 13.2 Å². The van der Waals surface area contributed by atoms with Crippen LogP contribution in [0.25, 0.3) is 0 Å². The molecular weight excluding hydrogens is 336 g/mol. The zero-order valence-electron chi connectivity index (χ0n) is 13.3. The fraction of sp³-hybridized carbons (Fsp3) is 0.643. The molecule has 1 fully saturated rings. The minimum Gasteiger partial charge on any atom is -0.379 e. The third-order valence-electron chi connectivity index (χ3n) is 3.48. The Kier molecular flexibility index (Phi) is 7.28. The first-order valence-corrected chi connectivity index (χ1v) is 10.1. The Morgan fingerprint density at radius 2 is 2.09 bits per heavy atom. The molecule has 9 heteroatoms. The van der Waals surface area contributed by atoms with Crippen molar-refractivity contribution >= 4 is 27.3 Å². The maximum atomic E-state index is 12.2. The lowest BCUT2D eigenvalue weighted by Gasteiger charge is -2.26. The third-order valence-corrected chi connectivity index (χ3v) is 6.29. The second kappa shape index (κ2) is 9.21. The molecule has 0 radical (unpaired) electrons. The van der Waals surface area contributed by atoms with E-state index in [1.807, 2.05) is 6.07 Å². The summed E-state index contributed by atoms with van der Waals surface area (Å²) < 4.78 is 31.1. The Bertz CT molecular complexity index is 581. The number of ether oxygens (including phenoxy) is 1. The second-order valence-corrected chi connectivity index (χ2v) is 8.20. The molecule has 0 aliphatic carbocycles. The number of guanidine groups is 1. The van der Waals surface area contributed by atoms with Crippen molar-refractivity contribution in [1.82, 2.24) is 14.9 Å². The van der Waals surface area contributed by atoms with Gasteiger partial charge in [0.2, 0.25) is 10.0 Å². The van der Waals surface area contributed by atoms with Gasteiger partial charge in [-0.3, -0.25) is 4.99 Å². The number of aliphatic imine (C=N–C) groups is 1. The summed E-state index contributed by atoms with van der Waals surface area (Å²) in [5.41, 5.74) is 0. The Balaban J connectivity index is 1.68. The number of morpholine rings is 1. The number of hydrogen-bond acceptors (Lipinski definition) is 5. The van der Waals surface area contributed by atoms with E-state index in [1.165, 1.54) is 9.18 Å². The standard InChI is InChI=1S/C14H24N4O3S2/c1-15-14(16-5-4-13-3-2-11-22-13)17-6-12-23(19,20)18-7-9-21-10-8-18/h2-3,11H,4-10,12H2,1H3,(H2,15,16,17). The van der Waals surface area contributed by atoms with Crippen molar-refractivity contribution in [3.8, 4) is 0 Å². The van der Waals surface area contributed by atoms with Crippen LogP contribution in [-0.2, 0) is 21.2 Å². The van der Waals surface area contributed by atoms with Crippen LogP contribution in [0.3, 0.4) is 0 Å². The summed E-state index contributed by atoms with van der Waals surface area (Å²) >= 11 is 1.72. The summed E-state index contributed by atoms with van der Waals surface area (Å²) in [5, 5.41) is 8.30. The van der Waals surface area contributed by atoms with Gasteiger partial charge < -0.3 is 15.4 Å². The molecule has 0 amide bonds. The van der Waals surface area contributed by atoms with Gasteiger partial charge in [0, 0.05) is 38.1 Å². The van der Waals surface area contributed by atoms with E-state index in [9.17, 15) is 8.42 Å². The van der Waals surface area contributed by atoms with Crippen LogP contribution in [0.4, 0.5) is 0 Å². The predicted octanol–water partition coefficient (Wildman–Crippen LogP) is 0.118. The topological polar surface area (TPSA) is 83.0 Å². The van der Waals surface area contributed by atoms with Crippen LogP contribution in [0.5, 0.6) is 0 Å². The van der Waals surface area contributed by atoms with Gasteiger partial charge >= 0.3 is 0 Å². The Morgan fingerprint density at radius 3 is 2.74 bits per heavy atom. The first-order chi connectivity index (χ1) is 11.1. The van der Waals surface area contributed by atoms with Crippen molar-refractivity contribution in [1.29, 1.82) is 0 Å². The van der Waals surface area contributed by atoms with E-state index >= 15 is 0 Å². The van der Waals surface area contributed by atoms with Crippen LogP contribution < -0.4 is 10.6 Å². The number of nitrogens with zero attached hydrogens (tertiary/aromatic N) is 2. The maximum Gasteiger partial charge on any atom is 0.215 e. The van der Waals surface area contributed by atoms with Crippen LogP contribution in [0.1, 0.15) is 4.88 Å². The molecule has 1 saturated heterocycles. The maximum absolute atomic E-state index is 12.2. The summed E-state index contributed by atoms with van der Waals surface area (Å²) in [6, 6.07) is 4.13. The SMILES string of the molecule is CN=C(NCCc1cccs1)NCCS(=O)(=O)N1CCOCC1. The number of rotatable bonds is 7. The average Bonchev–Trinajstić information content (AvgIpc) is 3.07. The van der Waals surface area contributed by atoms with Gasteiger partial charge in [0.05, 0.1) is 19.0 Å². The van der Waals surface area contributed by atoms with Crippen LogP contribution in [0, 0.1) is 0 Å². The van der Waals surface area contributed by atoms with Crippen LogP contribution in [0.15, 0.2) is 22.5 Å². The lowest BCUT2D eigenvalue weighted by Crippen LogP contribution is -2.45. The van der Waals surface area contributed by atoms with E-state index in [0.29, 0.717) is 38.8 Å². The van der Waals surface area contributed by atoms with Gasteiger partial charge in [0.15, 0.2) is 5.96 Å². The van der Waals surface area contributed by atoms with Gasteiger partial charge in [-0.2, -0.15) is 4.31 Å². The molecule has 2 heterocycles. The molecule has 0 bridgehead atoms. The molecule has 2 rings (SSSR count). The van der Waals surface area contributed by atoms with E-state index in [0.717, 1.165) is 13.0 Å². The Labute approximate surface area is 141 Å². The van der Waals surface area contributed by atoms with Crippen LogP contribution >= 0.6 is 11.3 Å².